The van der Waals surface area contributed by atoms with Crippen LogP contribution in [0.4, 0.5) is 8.78 Å². The SMILES string of the molecule is [B]c1cc(Cl)cc([B])c1C(F)(F)C(=O)NC([B])c1ccc2c(c1)CN(C1CCC(=O)NC1=O)C2=O. The van der Waals surface area contributed by atoms with Crippen molar-refractivity contribution in [3.8, 4) is 0 Å². The van der Waals surface area contributed by atoms with Gasteiger partial charge in [-0.3, -0.25) is 24.5 Å². The van der Waals surface area contributed by atoms with Crippen molar-refractivity contribution in [2.45, 2.75) is 37.3 Å². The summed E-state index contributed by atoms with van der Waals surface area (Å²) in [6.07, 6.45) is 0.300. The van der Waals surface area contributed by atoms with E-state index in [-0.39, 0.29) is 30.0 Å². The Balaban J connectivity index is 1.51. The van der Waals surface area contributed by atoms with E-state index < -0.39 is 58.0 Å². The fourth-order valence-electron chi connectivity index (χ4n) is 4.23. The molecule has 1 saturated heterocycles. The number of hydrogen-bond acceptors (Lipinski definition) is 4. The molecule has 13 heteroatoms. The second-order valence-electron chi connectivity index (χ2n) is 8.30. The Hall–Kier alpha value is -3.14. The highest BCUT2D eigenvalue weighted by Crippen LogP contribution is 2.31. The molecule has 35 heavy (non-hydrogen) atoms. The lowest BCUT2D eigenvalue weighted by Gasteiger charge is -2.29. The largest absolute Gasteiger partial charge is 0.352 e. The average molecular weight is 491 g/mol. The Labute approximate surface area is 208 Å². The van der Waals surface area contributed by atoms with Crippen molar-refractivity contribution in [1.82, 2.24) is 15.5 Å². The Bertz CT molecular complexity index is 1250. The number of alkyl halides is 2. The Kier molecular flexibility index (Phi) is 6.53. The van der Waals surface area contributed by atoms with E-state index in [2.05, 4.69) is 5.32 Å². The zero-order valence-corrected chi connectivity index (χ0v) is 18.9. The van der Waals surface area contributed by atoms with Crippen LogP contribution < -0.4 is 21.6 Å². The molecule has 0 bridgehead atoms. The van der Waals surface area contributed by atoms with Gasteiger partial charge in [0.15, 0.2) is 0 Å². The molecule has 6 radical (unpaired) electrons. The third-order valence-electron chi connectivity index (χ3n) is 5.96. The van der Waals surface area contributed by atoms with Gasteiger partial charge in [-0.1, -0.05) is 46.8 Å². The highest BCUT2D eigenvalue weighted by atomic mass is 35.5. The first-order chi connectivity index (χ1) is 16.4. The lowest BCUT2D eigenvalue weighted by Crippen LogP contribution is -2.52. The molecule has 0 spiro atoms. The Morgan fingerprint density at radius 1 is 1.17 bits per heavy atom. The van der Waals surface area contributed by atoms with Gasteiger partial charge < -0.3 is 10.2 Å². The Morgan fingerprint density at radius 2 is 1.83 bits per heavy atom. The molecule has 2 heterocycles. The van der Waals surface area contributed by atoms with Crippen LogP contribution in [0, 0.1) is 0 Å². The van der Waals surface area contributed by atoms with Crippen LogP contribution in [-0.2, 0) is 26.9 Å². The van der Waals surface area contributed by atoms with Crippen LogP contribution in [0.1, 0.15) is 45.8 Å². The maximum Gasteiger partial charge on any atom is 0.348 e. The minimum absolute atomic E-state index is 0.0377. The summed E-state index contributed by atoms with van der Waals surface area (Å²) in [5.74, 6) is -8.56. The van der Waals surface area contributed by atoms with Crippen LogP contribution in [0.3, 0.4) is 0 Å². The number of amides is 4. The number of halogens is 3. The van der Waals surface area contributed by atoms with E-state index in [1.807, 2.05) is 5.32 Å². The quantitative estimate of drug-likeness (QED) is 0.446. The molecule has 7 nitrogen and oxygen atoms in total. The highest BCUT2D eigenvalue weighted by Gasteiger charge is 2.43. The van der Waals surface area contributed by atoms with Crippen molar-refractivity contribution < 1.29 is 28.0 Å². The third kappa shape index (κ3) is 4.59. The summed E-state index contributed by atoms with van der Waals surface area (Å²) in [7, 11) is 17.2. The van der Waals surface area contributed by atoms with Crippen molar-refractivity contribution in [2.24, 2.45) is 0 Å². The molecule has 2 aliphatic heterocycles. The summed E-state index contributed by atoms with van der Waals surface area (Å²) in [4.78, 5) is 50.1. The number of piperidine rings is 1. The molecular formula is C22H15B3ClF2N3O4. The van der Waals surface area contributed by atoms with Gasteiger partial charge in [-0.25, -0.2) is 0 Å². The first kappa shape index (κ1) is 25.0. The van der Waals surface area contributed by atoms with Gasteiger partial charge in [0, 0.05) is 35.1 Å². The van der Waals surface area contributed by atoms with Crippen molar-refractivity contribution in [2.75, 3.05) is 0 Å². The number of fused-ring (bicyclic) bond motifs is 1. The first-order valence-corrected chi connectivity index (χ1v) is 10.8. The number of nitrogens with zero attached hydrogens (tertiary/aromatic N) is 1. The van der Waals surface area contributed by atoms with Gasteiger partial charge in [0.2, 0.25) is 11.8 Å². The Morgan fingerprint density at radius 3 is 2.46 bits per heavy atom. The van der Waals surface area contributed by atoms with Crippen LogP contribution in [0.5, 0.6) is 0 Å². The van der Waals surface area contributed by atoms with Crippen LogP contribution in [0.25, 0.3) is 0 Å². The van der Waals surface area contributed by atoms with Crippen molar-refractivity contribution in [1.29, 1.82) is 0 Å². The molecule has 2 atom stereocenters. The van der Waals surface area contributed by atoms with Crippen LogP contribution >= 0.6 is 11.6 Å². The number of rotatable bonds is 5. The predicted octanol–water partition coefficient (Wildman–Crippen LogP) is -0.236. The van der Waals surface area contributed by atoms with Gasteiger partial charge in [-0.2, -0.15) is 8.78 Å². The van der Waals surface area contributed by atoms with E-state index in [1.54, 1.807) is 0 Å². The van der Waals surface area contributed by atoms with Crippen LogP contribution in [0.15, 0.2) is 30.3 Å². The summed E-state index contributed by atoms with van der Waals surface area (Å²) in [6.45, 7) is 0.0585. The van der Waals surface area contributed by atoms with Crippen molar-refractivity contribution in [3.05, 3.63) is 57.6 Å². The smallest absolute Gasteiger partial charge is 0.348 e. The minimum atomic E-state index is -4.11. The topological polar surface area (TPSA) is 95.6 Å². The minimum Gasteiger partial charge on any atom is -0.352 e. The molecule has 1 fully saturated rings. The third-order valence-corrected chi connectivity index (χ3v) is 6.17. The first-order valence-electron chi connectivity index (χ1n) is 10.5. The average Bonchev–Trinajstić information content (AvgIpc) is 3.08. The van der Waals surface area contributed by atoms with E-state index in [9.17, 15) is 28.0 Å². The molecule has 2 N–H and O–H groups in total. The molecule has 0 aromatic heterocycles. The fraction of sp³-hybridized carbons (Fsp3) is 0.273. The van der Waals surface area contributed by atoms with Gasteiger partial charge in [0.1, 0.15) is 29.6 Å². The second-order valence-corrected chi connectivity index (χ2v) is 8.74. The van der Waals surface area contributed by atoms with Crippen LogP contribution in [-0.4, -0.2) is 58.1 Å². The monoisotopic (exact) mass is 491 g/mol. The van der Waals surface area contributed by atoms with E-state index in [0.717, 1.165) is 12.1 Å². The zero-order valence-electron chi connectivity index (χ0n) is 18.1. The molecule has 4 rings (SSSR count). The van der Waals surface area contributed by atoms with Gasteiger partial charge in [0.05, 0.1) is 0 Å². The number of nitrogens with one attached hydrogen (secondary N) is 2. The number of carbonyl (C=O) groups excluding carboxylic acids is 4. The maximum absolute atomic E-state index is 14.9. The fourth-order valence-corrected chi connectivity index (χ4v) is 4.46. The van der Waals surface area contributed by atoms with E-state index >= 15 is 0 Å². The zero-order chi connectivity index (χ0) is 25.7. The summed E-state index contributed by atoms with van der Waals surface area (Å²) in [5, 5.41) is 4.28. The van der Waals surface area contributed by atoms with E-state index in [4.69, 9.17) is 35.1 Å². The lowest BCUT2D eigenvalue weighted by atomic mass is 9.78. The molecule has 2 aromatic carbocycles. The maximum atomic E-state index is 14.9. The lowest BCUT2D eigenvalue weighted by molar-refractivity contribution is -0.147. The predicted molar refractivity (Wildman–Crippen MR) is 125 cm³/mol. The molecule has 2 aliphatic rings. The van der Waals surface area contributed by atoms with E-state index in [0.29, 0.717) is 11.1 Å². The summed E-state index contributed by atoms with van der Waals surface area (Å²) in [6, 6.07) is 5.66. The van der Waals surface area contributed by atoms with E-state index in [1.165, 1.54) is 23.1 Å². The van der Waals surface area contributed by atoms with Gasteiger partial charge >= 0.3 is 5.92 Å². The molecule has 4 amide bonds. The van der Waals surface area contributed by atoms with Gasteiger partial charge in [-0.05, 0) is 23.6 Å². The highest BCUT2D eigenvalue weighted by molar-refractivity contribution is 6.43. The summed E-state index contributed by atoms with van der Waals surface area (Å²) < 4.78 is 29.8. The standard InChI is InChI=1S/C22H15B3ClF2N3O4/c23-13-6-11(26)7-14(24)17(13)22(27,28)21(35)30-18(25)9-1-2-12-10(5-9)8-31(20(12)34)15-3-4-16(32)29-19(15)33/h1-2,5-7,15,18H,3-4,8H2,(H,30,35)(H,29,32,33). The van der Waals surface area contributed by atoms with Crippen molar-refractivity contribution >= 4 is 69.7 Å². The molecule has 0 saturated carbocycles. The summed E-state index contributed by atoms with van der Waals surface area (Å²) in [5.41, 5.74) is -0.723. The van der Waals surface area contributed by atoms with Crippen LogP contribution in [0.2, 0.25) is 5.02 Å². The molecule has 0 aliphatic carbocycles. The summed E-state index contributed by atoms with van der Waals surface area (Å²) >= 11 is 5.76. The normalized spacial score (nSPS) is 18.8. The number of hydrogen-bond donors (Lipinski definition) is 2. The molecule has 172 valence electrons. The number of benzene rings is 2. The second kappa shape index (κ2) is 9.15. The molecule has 2 unspecified atom stereocenters. The molecule has 2 aromatic rings. The number of imide groups is 1. The van der Waals surface area contributed by atoms with Gasteiger partial charge in [-0.15, -0.1) is 0 Å². The van der Waals surface area contributed by atoms with Gasteiger partial charge in [0.25, 0.3) is 11.8 Å². The van der Waals surface area contributed by atoms with Crippen molar-refractivity contribution in [3.63, 3.8) is 0 Å². The number of carbonyl (C=O) groups is 4. The molecular weight excluding hydrogens is 476 g/mol.